The molecule has 2 saturated carbocycles. The lowest BCUT2D eigenvalue weighted by atomic mass is 9.65. The highest BCUT2D eigenvalue weighted by Crippen LogP contribution is 2.53. The van der Waals surface area contributed by atoms with Crippen molar-refractivity contribution in [1.29, 1.82) is 0 Å². The van der Waals surface area contributed by atoms with Gasteiger partial charge in [-0.25, -0.2) is 0 Å². The number of carbonyl (C=O) groups is 1. The molecule has 1 amide bonds. The maximum Gasteiger partial charge on any atom is 0.227 e. The Balaban J connectivity index is 1.79. The number of likely N-dealkylation sites (tertiary alicyclic amines) is 1. The minimum atomic E-state index is 0.140. The second kappa shape index (κ2) is 3.25. The van der Waals surface area contributed by atoms with Gasteiger partial charge in [0, 0.05) is 18.6 Å². The summed E-state index contributed by atoms with van der Waals surface area (Å²) in [6.45, 7) is 7.99. The van der Waals surface area contributed by atoms with Crippen molar-refractivity contribution in [2.45, 2.75) is 58.5 Å². The molecule has 4 atom stereocenters. The SMILES string of the molecule is CC1(C)CC2CC(C)(CN2C(=O)C2CC2N)C1. The van der Waals surface area contributed by atoms with Crippen LogP contribution >= 0.6 is 0 Å². The number of fused-ring (bicyclic) bond motifs is 2. The highest BCUT2D eigenvalue weighted by molar-refractivity contribution is 5.83. The van der Waals surface area contributed by atoms with Crippen molar-refractivity contribution in [3.8, 4) is 0 Å². The Hall–Kier alpha value is -0.570. The van der Waals surface area contributed by atoms with Crippen molar-refractivity contribution in [1.82, 2.24) is 4.90 Å². The van der Waals surface area contributed by atoms with Gasteiger partial charge in [-0.15, -0.1) is 0 Å². The Kier molecular flexibility index (Phi) is 2.20. The molecule has 3 fully saturated rings. The van der Waals surface area contributed by atoms with E-state index in [4.69, 9.17) is 5.73 Å². The fourth-order valence-corrected chi connectivity index (χ4v) is 4.43. The summed E-state index contributed by atoms with van der Waals surface area (Å²) in [4.78, 5) is 14.5. The first kappa shape index (κ1) is 11.5. The van der Waals surface area contributed by atoms with Crippen LogP contribution in [0.3, 0.4) is 0 Å². The average Bonchev–Trinajstić information content (AvgIpc) is 2.81. The van der Waals surface area contributed by atoms with Crippen molar-refractivity contribution in [2.24, 2.45) is 22.5 Å². The first-order valence-electron chi connectivity index (χ1n) is 6.86. The van der Waals surface area contributed by atoms with Crippen LogP contribution in [-0.4, -0.2) is 29.4 Å². The third-order valence-corrected chi connectivity index (χ3v) is 4.85. The van der Waals surface area contributed by atoms with Crippen molar-refractivity contribution >= 4 is 5.91 Å². The second-order valence-electron chi connectivity index (χ2n) is 7.69. The summed E-state index contributed by atoms with van der Waals surface area (Å²) in [6, 6.07) is 0.618. The van der Waals surface area contributed by atoms with Gasteiger partial charge >= 0.3 is 0 Å². The van der Waals surface area contributed by atoms with Crippen LogP contribution in [0.5, 0.6) is 0 Å². The number of nitrogens with zero attached hydrogens (tertiary/aromatic N) is 1. The molecule has 3 rings (SSSR count). The molecule has 1 heterocycles. The van der Waals surface area contributed by atoms with Crippen LogP contribution < -0.4 is 5.73 Å². The summed E-state index contributed by atoms with van der Waals surface area (Å²) in [5.41, 5.74) is 6.55. The van der Waals surface area contributed by atoms with Gasteiger partial charge in [0.1, 0.15) is 0 Å². The first-order valence-corrected chi connectivity index (χ1v) is 6.86. The molecule has 3 nitrogen and oxygen atoms in total. The third kappa shape index (κ3) is 1.88. The quantitative estimate of drug-likeness (QED) is 0.754. The molecule has 2 aliphatic carbocycles. The molecule has 0 spiro atoms. The number of amides is 1. The van der Waals surface area contributed by atoms with E-state index in [1.807, 2.05) is 0 Å². The Labute approximate surface area is 104 Å². The summed E-state index contributed by atoms with van der Waals surface area (Å²) in [7, 11) is 0. The molecule has 0 aromatic rings. The van der Waals surface area contributed by atoms with Gasteiger partial charge in [0.2, 0.25) is 5.91 Å². The van der Waals surface area contributed by atoms with E-state index in [0.29, 0.717) is 22.8 Å². The molecule has 0 radical (unpaired) electrons. The monoisotopic (exact) mass is 236 g/mol. The molecule has 2 N–H and O–H groups in total. The topological polar surface area (TPSA) is 46.3 Å². The molecule has 2 bridgehead atoms. The lowest BCUT2D eigenvalue weighted by molar-refractivity contribution is -0.133. The molecule has 17 heavy (non-hydrogen) atoms. The molecule has 3 heteroatoms. The molecular formula is C14H24N2O. The molecule has 96 valence electrons. The maximum absolute atomic E-state index is 12.4. The number of hydrogen-bond acceptors (Lipinski definition) is 2. The van der Waals surface area contributed by atoms with Crippen molar-refractivity contribution in [2.75, 3.05) is 6.54 Å². The standard InChI is InChI=1S/C14H24N2O/c1-13(2)5-9-6-14(3,7-13)8-16(9)12(17)10-4-11(10)15/h9-11H,4-8,15H2,1-3H3. The summed E-state index contributed by atoms with van der Waals surface area (Å²) in [6.07, 6.45) is 4.51. The van der Waals surface area contributed by atoms with E-state index in [0.717, 1.165) is 19.4 Å². The Morgan fingerprint density at radius 2 is 1.94 bits per heavy atom. The van der Waals surface area contributed by atoms with Crippen LogP contribution in [-0.2, 0) is 4.79 Å². The lowest BCUT2D eigenvalue weighted by Gasteiger charge is -2.39. The number of rotatable bonds is 1. The van der Waals surface area contributed by atoms with E-state index in [1.165, 1.54) is 12.8 Å². The maximum atomic E-state index is 12.4. The number of hydrogen-bond donors (Lipinski definition) is 1. The zero-order chi connectivity index (χ0) is 12.4. The smallest absolute Gasteiger partial charge is 0.227 e. The van der Waals surface area contributed by atoms with Crippen molar-refractivity contribution < 1.29 is 4.79 Å². The Bertz CT molecular complexity index is 365. The van der Waals surface area contributed by atoms with E-state index in [1.54, 1.807) is 0 Å². The zero-order valence-electron chi connectivity index (χ0n) is 11.2. The van der Waals surface area contributed by atoms with E-state index >= 15 is 0 Å². The highest BCUT2D eigenvalue weighted by Gasteiger charge is 2.54. The van der Waals surface area contributed by atoms with Crippen LogP contribution in [0, 0.1) is 16.7 Å². The van der Waals surface area contributed by atoms with Gasteiger partial charge in [-0.2, -0.15) is 0 Å². The van der Waals surface area contributed by atoms with Gasteiger partial charge in [-0.05, 0) is 36.5 Å². The summed E-state index contributed by atoms with van der Waals surface area (Å²) in [5.74, 6) is 0.477. The van der Waals surface area contributed by atoms with Gasteiger partial charge in [0.25, 0.3) is 0 Å². The van der Waals surface area contributed by atoms with E-state index in [2.05, 4.69) is 25.7 Å². The predicted octanol–water partition coefficient (Wildman–Crippen LogP) is 1.76. The molecule has 3 aliphatic rings. The molecule has 0 aromatic carbocycles. The van der Waals surface area contributed by atoms with Gasteiger partial charge in [-0.1, -0.05) is 20.8 Å². The second-order valence-corrected chi connectivity index (χ2v) is 7.69. The third-order valence-electron chi connectivity index (χ3n) is 4.85. The van der Waals surface area contributed by atoms with E-state index in [-0.39, 0.29) is 12.0 Å². The van der Waals surface area contributed by atoms with Crippen molar-refractivity contribution in [3.63, 3.8) is 0 Å². The highest BCUT2D eigenvalue weighted by atomic mass is 16.2. The molecule has 1 aliphatic heterocycles. The van der Waals surface area contributed by atoms with Gasteiger partial charge < -0.3 is 10.6 Å². The van der Waals surface area contributed by atoms with Crippen LogP contribution in [0.4, 0.5) is 0 Å². The van der Waals surface area contributed by atoms with Gasteiger partial charge in [0.05, 0.1) is 5.92 Å². The van der Waals surface area contributed by atoms with Crippen LogP contribution in [0.1, 0.15) is 46.5 Å². The summed E-state index contributed by atoms with van der Waals surface area (Å²) in [5, 5.41) is 0. The van der Waals surface area contributed by atoms with Gasteiger partial charge in [-0.3, -0.25) is 4.79 Å². The fourth-order valence-electron chi connectivity index (χ4n) is 4.43. The van der Waals surface area contributed by atoms with Crippen LogP contribution in [0.25, 0.3) is 0 Å². The van der Waals surface area contributed by atoms with Crippen LogP contribution in [0.2, 0.25) is 0 Å². The van der Waals surface area contributed by atoms with Crippen LogP contribution in [0.15, 0.2) is 0 Å². The molecule has 1 saturated heterocycles. The molecule has 0 aromatic heterocycles. The van der Waals surface area contributed by atoms with E-state index < -0.39 is 0 Å². The zero-order valence-corrected chi connectivity index (χ0v) is 11.2. The molecule has 4 unspecified atom stereocenters. The average molecular weight is 236 g/mol. The first-order chi connectivity index (χ1) is 7.80. The molecular weight excluding hydrogens is 212 g/mol. The Morgan fingerprint density at radius 3 is 2.53 bits per heavy atom. The van der Waals surface area contributed by atoms with Crippen molar-refractivity contribution in [3.05, 3.63) is 0 Å². The minimum Gasteiger partial charge on any atom is -0.339 e. The number of nitrogens with two attached hydrogens (primary N) is 1. The predicted molar refractivity (Wildman–Crippen MR) is 67.3 cm³/mol. The fraction of sp³-hybridized carbons (Fsp3) is 0.929. The Morgan fingerprint density at radius 1 is 1.29 bits per heavy atom. The summed E-state index contributed by atoms with van der Waals surface area (Å²) < 4.78 is 0. The lowest BCUT2D eigenvalue weighted by Crippen LogP contribution is -2.39. The largest absolute Gasteiger partial charge is 0.339 e. The van der Waals surface area contributed by atoms with E-state index in [9.17, 15) is 4.79 Å². The summed E-state index contributed by atoms with van der Waals surface area (Å²) >= 11 is 0. The number of carbonyl (C=O) groups excluding carboxylic acids is 1. The normalized spacial score (nSPS) is 47.1. The van der Waals surface area contributed by atoms with Gasteiger partial charge in [0.15, 0.2) is 0 Å². The minimum absolute atomic E-state index is 0.140.